The molecule has 0 saturated carbocycles. The van der Waals surface area contributed by atoms with E-state index < -0.39 is 0 Å². The van der Waals surface area contributed by atoms with Gasteiger partial charge in [0.25, 0.3) is 0 Å². The molecule has 0 amide bonds. The number of hydrogen-bond donors (Lipinski definition) is 0. The van der Waals surface area contributed by atoms with Gasteiger partial charge in [0.1, 0.15) is 0 Å². The second-order valence-electron chi connectivity index (χ2n) is 14.2. The lowest BCUT2D eigenvalue weighted by atomic mass is 9.82. The van der Waals surface area contributed by atoms with Crippen LogP contribution in [0.2, 0.25) is 0 Å². The van der Waals surface area contributed by atoms with Gasteiger partial charge in [-0.1, -0.05) is 147 Å². The summed E-state index contributed by atoms with van der Waals surface area (Å²) < 4.78 is 0. The Morgan fingerprint density at radius 1 is 0.360 bits per heavy atom. The molecule has 0 heterocycles. The highest BCUT2D eigenvalue weighted by Gasteiger charge is 2.35. The molecule has 0 saturated heterocycles. The quantitative estimate of drug-likeness (QED) is 0.174. The molecule has 0 aliphatic heterocycles. The summed E-state index contributed by atoms with van der Waals surface area (Å²) in [5.74, 6) is 0. The minimum Gasteiger partial charge on any atom is -0.310 e. The third-order valence-electron chi connectivity index (χ3n) is 11.0. The van der Waals surface area contributed by atoms with Crippen LogP contribution < -0.4 is 4.90 Å². The predicted molar refractivity (Wildman–Crippen MR) is 214 cm³/mol. The number of anilines is 3. The second kappa shape index (κ2) is 10.9. The number of fused-ring (bicyclic) bond motifs is 8. The summed E-state index contributed by atoms with van der Waals surface area (Å²) in [5.41, 5.74) is 11.3. The Bertz CT molecular complexity index is 2800. The van der Waals surface area contributed by atoms with E-state index >= 15 is 0 Å². The Morgan fingerprint density at radius 2 is 0.900 bits per heavy atom. The SMILES string of the molecule is CC1(C)c2ccccc2-c2ccc(N(c3ccc4cc(-c5ccc6ccccc6c5)ccc4c3)c3cc4ccccc4c4ccccc34)cc21. The molecule has 0 spiro atoms. The van der Waals surface area contributed by atoms with Gasteiger partial charge in [-0.2, -0.15) is 0 Å². The molecule has 1 aliphatic carbocycles. The van der Waals surface area contributed by atoms with Crippen molar-refractivity contribution in [2.45, 2.75) is 19.3 Å². The molecule has 0 atom stereocenters. The van der Waals surface area contributed by atoms with E-state index in [-0.39, 0.29) is 5.41 Å². The van der Waals surface area contributed by atoms with Crippen molar-refractivity contribution >= 4 is 60.2 Å². The molecule has 9 aromatic carbocycles. The van der Waals surface area contributed by atoms with E-state index in [4.69, 9.17) is 0 Å². The minimum absolute atomic E-state index is 0.0956. The first-order valence-corrected chi connectivity index (χ1v) is 17.5. The smallest absolute Gasteiger partial charge is 0.0546 e. The van der Waals surface area contributed by atoms with Crippen molar-refractivity contribution in [2.75, 3.05) is 4.90 Å². The van der Waals surface area contributed by atoms with E-state index in [0.29, 0.717) is 0 Å². The summed E-state index contributed by atoms with van der Waals surface area (Å²) in [4.78, 5) is 2.48. The van der Waals surface area contributed by atoms with Gasteiger partial charge < -0.3 is 4.90 Å². The van der Waals surface area contributed by atoms with Crippen molar-refractivity contribution in [3.8, 4) is 22.3 Å². The molecule has 0 bridgehead atoms. The summed E-state index contributed by atoms with van der Waals surface area (Å²) in [6.45, 7) is 4.72. The van der Waals surface area contributed by atoms with E-state index in [1.165, 1.54) is 82.2 Å². The van der Waals surface area contributed by atoms with Crippen LogP contribution >= 0.6 is 0 Å². The van der Waals surface area contributed by atoms with Crippen molar-refractivity contribution in [3.63, 3.8) is 0 Å². The topological polar surface area (TPSA) is 3.24 Å². The fraction of sp³-hybridized carbons (Fsp3) is 0.0612. The Balaban J connectivity index is 1.17. The number of rotatable bonds is 4. The van der Waals surface area contributed by atoms with Gasteiger partial charge in [0.2, 0.25) is 0 Å². The Morgan fingerprint density at radius 3 is 1.72 bits per heavy atom. The maximum Gasteiger partial charge on any atom is 0.0546 e. The van der Waals surface area contributed by atoms with E-state index in [1.807, 2.05) is 0 Å². The summed E-state index contributed by atoms with van der Waals surface area (Å²) >= 11 is 0. The summed E-state index contributed by atoms with van der Waals surface area (Å²) in [6, 6.07) is 65.1. The van der Waals surface area contributed by atoms with E-state index in [9.17, 15) is 0 Å². The molecule has 0 unspecified atom stereocenters. The van der Waals surface area contributed by atoms with Crippen LogP contribution in [0.4, 0.5) is 17.1 Å². The zero-order valence-corrected chi connectivity index (χ0v) is 28.2. The summed E-state index contributed by atoms with van der Waals surface area (Å²) in [6.07, 6.45) is 0. The fourth-order valence-corrected chi connectivity index (χ4v) is 8.40. The Labute approximate surface area is 292 Å². The van der Waals surface area contributed by atoms with E-state index in [2.05, 4.69) is 195 Å². The number of hydrogen-bond acceptors (Lipinski definition) is 1. The van der Waals surface area contributed by atoms with Crippen molar-refractivity contribution in [3.05, 3.63) is 187 Å². The number of benzene rings is 9. The van der Waals surface area contributed by atoms with Crippen molar-refractivity contribution in [1.29, 1.82) is 0 Å². The van der Waals surface area contributed by atoms with Crippen LogP contribution in [0.15, 0.2) is 176 Å². The highest BCUT2D eigenvalue weighted by Crippen LogP contribution is 2.51. The highest BCUT2D eigenvalue weighted by atomic mass is 15.1. The lowest BCUT2D eigenvalue weighted by Crippen LogP contribution is -2.16. The van der Waals surface area contributed by atoms with Gasteiger partial charge in [-0.05, 0) is 114 Å². The minimum atomic E-state index is -0.0956. The zero-order valence-electron chi connectivity index (χ0n) is 28.2. The van der Waals surface area contributed by atoms with Crippen LogP contribution in [0.1, 0.15) is 25.0 Å². The first-order valence-electron chi connectivity index (χ1n) is 17.5. The second-order valence-corrected chi connectivity index (χ2v) is 14.2. The molecule has 0 aromatic heterocycles. The normalized spacial score (nSPS) is 13.2. The first kappa shape index (κ1) is 28.8. The molecule has 236 valence electrons. The molecule has 1 heteroatoms. The van der Waals surface area contributed by atoms with Gasteiger partial charge in [0, 0.05) is 22.2 Å². The first-order chi connectivity index (χ1) is 24.5. The Kier molecular flexibility index (Phi) is 6.29. The molecule has 0 radical (unpaired) electrons. The summed E-state index contributed by atoms with van der Waals surface area (Å²) in [5, 5.41) is 9.99. The predicted octanol–water partition coefficient (Wildman–Crippen LogP) is 13.7. The van der Waals surface area contributed by atoms with Gasteiger partial charge in [-0.15, -0.1) is 0 Å². The molecule has 1 aliphatic rings. The van der Waals surface area contributed by atoms with Crippen LogP contribution in [0.3, 0.4) is 0 Å². The Hall–Kier alpha value is -6.18. The van der Waals surface area contributed by atoms with Crippen LogP contribution in [-0.4, -0.2) is 0 Å². The average molecular weight is 638 g/mol. The lowest BCUT2D eigenvalue weighted by Gasteiger charge is -2.30. The molecule has 10 rings (SSSR count). The summed E-state index contributed by atoms with van der Waals surface area (Å²) in [7, 11) is 0. The van der Waals surface area contributed by atoms with E-state index in [1.54, 1.807) is 0 Å². The third kappa shape index (κ3) is 4.40. The van der Waals surface area contributed by atoms with E-state index in [0.717, 1.165) is 11.4 Å². The molecule has 9 aromatic rings. The van der Waals surface area contributed by atoms with Crippen molar-refractivity contribution in [1.82, 2.24) is 0 Å². The van der Waals surface area contributed by atoms with Gasteiger partial charge >= 0.3 is 0 Å². The van der Waals surface area contributed by atoms with Crippen molar-refractivity contribution < 1.29 is 0 Å². The zero-order chi connectivity index (χ0) is 33.4. The molecule has 0 N–H and O–H groups in total. The molecular formula is C49H35N. The maximum absolute atomic E-state index is 2.48. The van der Waals surface area contributed by atoms with Crippen LogP contribution in [0.25, 0.3) is 65.3 Å². The largest absolute Gasteiger partial charge is 0.310 e. The van der Waals surface area contributed by atoms with Crippen molar-refractivity contribution in [2.24, 2.45) is 0 Å². The molecule has 0 fully saturated rings. The van der Waals surface area contributed by atoms with Crippen LogP contribution in [-0.2, 0) is 5.41 Å². The monoisotopic (exact) mass is 637 g/mol. The van der Waals surface area contributed by atoms with Gasteiger partial charge in [-0.25, -0.2) is 0 Å². The van der Waals surface area contributed by atoms with Gasteiger partial charge in [-0.3, -0.25) is 0 Å². The van der Waals surface area contributed by atoms with Gasteiger partial charge in [0.05, 0.1) is 5.69 Å². The maximum atomic E-state index is 2.48. The molecular weight excluding hydrogens is 603 g/mol. The highest BCUT2D eigenvalue weighted by molar-refractivity contribution is 6.15. The number of nitrogens with zero attached hydrogens (tertiary/aromatic N) is 1. The third-order valence-corrected chi connectivity index (χ3v) is 11.0. The lowest BCUT2D eigenvalue weighted by molar-refractivity contribution is 0.660. The standard InChI is InChI=1S/C49H35N/c1-49(2)46-18-10-9-16-43(46)44-26-25-40(31-47(44)49)50(48-30-38-13-5-6-14-41(38)42-15-7-8-17-45(42)48)39-24-23-36-28-35(21-22-37(36)29-39)34-20-19-32-11-3-4-12-33(32)27-34/h3-31H,1-2H3. The average Bonchev–Trinajstić information content (AvgIpc) is 3.40. The molecule has 1 nitrogen and oxygen atoms in total. The van der Waals surface area contributed by atoms with Gasteiger partial charge in [0.15, 0.2) is 0 Å². The van der Waals surface area contributed by atoms with Crippen LogP contribution in [0, 0.1) is 0 Å². The molecule has 50 heavy (non-hydrogen) atoms. The fourth-order valence-electron chi connectivity index (χ4n) is 8.40. The van der Waals surface area contributed by atoms with Crippen LogP contribution in [0.5, 0.6) is 0 Å².